The first kappa shape index (κ1) is 21.0. The van der Waals surface area contributed by atoms with Crippen LogP contribution in [0, 0.1) is 11.8 Å². The van der Waals surface area contributed by atoms with E-state index in [1.54, 1.807) is 12.4 Å². The van der Waals surface area contributed by atoms with Gasteiger partial charge in [0.15, 0.2) is 0 Å². The standard InChI is InChI=1S/C24H31N3O2/c1-18(2)17-27-22(28)13-12-21(23(27)20-11-7-14-25-16-20)24(29)26-15-6-10-19-8-4-3-5-9-19/h3-5,7-9,11,14,16,18,21,23H,6,10,12-13,15,17H2,1-2H3,(H,26,29). The number of nitrogens with one attached hydrogen (secondary N) is 1. The summed E-state index contributed by atoms with van der Waals surface area (Å²) < 4.78 is 0. The topological polar surface area (TPSA) is 62.3 Å². The van der Waals surface area contributed by atoms with Crippen LogP contribution in [0.4, 0.5) is 0 Å². The number of carbonyl (C=O) groups excluding carboxylic acids is 2. The number of aryl methyl sites for hydroxylation is 1. The number of pyridine rings is 1. The Kier molecular flexibility index (Phi) is 7.39. The maximum absolute atomic E-state index is 13.1. The van der Waals surface area contributed by atoms with Crippen molar-refractivity contribution in [2.75, 3.05) is 13.1 Å². The van der Waals surface area contributed by atoms with Crippen LogP contribution in [0.2, 0.25) is 0 Å². The average Bonchev–Trinajstić information content (AvgIpc) is 2.73. The van der Waals surface area contributed by atoms with Crippen LogP contribution >= 0.6 is 0 Å². The summed E-state index contributed by atoms with van der Waals surface area (Å²) in [6.07, 6.45) is 6.35. The van der Waals surface area contributed by atoms with Gasteiger partial charge in [-0.25, -0.2) is 0 Å². The van der Waals surface area contributed by atoms with Gasteiger partial charge in [0.05, 0.1) is 12.0 Å². The number of piperidine rings is 1. The molecule has 1 N–H and O–H groups in total. The summed E-state index contributed by atoms with van der Waals surface area (Å²) in [7, 11) is 0. The maximum Gasteiger partial charge on any atom is 0.225 e. The summed E-state index contributed by atoms with van der Waals surface area (Å²) in [5.74, 6) is 0.257. The van der Waals surface area contributed by atoms with Crippen molar-refractivity contribution >= 4 is 11.8 Å². The van der Waals surface area contributed by atoms with Gasteiger partial charge in [0.1, 0.15) is 0 Å². The molecule has 2 heterocycles. The minimum Gasteiger partial charge on any atom is -0.356 e. The Labute approximate surface area is 173 Å². The van der Waals surface area contributed by atoms with Crippen molar-refractivity contribution in [3.63, 3.8) is 0 Å². The zero-order valence-corrected chi connectivity index (χ0v) is 17.4. The third-order valence-corrected chi connectivity index (χ3v) is 5.42. The SMILES string of the molecule is CC(C)CN1C(=O)CCC(C(=O)NCCCc2ccccc2)C1c1cccnc1. The molecule has 1 aromatic carbocycles. The van der Waals surface area contributed by atoms with E-state index >= 15 is 0 Å². The first-order valence-electron chi connectivity index (χ1n) is 10.6. The van der Waals surface area contributed by atoms with Gasteiger partial charge in [-0.2, -0.15) is 0 Å². The highest BCUT2D eigenvalue weighted by atomic mass is 16.2. The predicted molar refractivity (Wildman–Crippen MR) is 114 cm³/mol. The van der Waals surface area contributed by atoms with Crippen molar-refractivity contribution in [3.8, 4) is 0 Å². The molecule has 1 aliphatic rings. The largest absolute Gasteiger partial charge is 0.356 e. The fourth-order valence-electron chi connectivity index (χ4n) is 4.08. The third kappa shape index (κ3) is 5.66. The van der Waals surface area contributed by atoms with Crippen molar-refractivity contribution < 1.29 is 9.59 Å². The molecule has 0 bridgehead atoms. The van der Waals surface area contributed by atoms with E-state index in [0.717, 1.165) is 18.4 Å². The lowest BCUT2D eigenvalue weighted by atomic mass is 9.83. The Morgan fingerprint density at radius 2 is 2.00 bits per heavy atom. The van der Waals surface area contributed by atoms with Gasteiger partial charge >= 0.3 is 0 Å². The van der Waals surface area contributed by atoms with Crippen molar-refractivity contribution in [2.24, 2.45) is 11.8 Å². The number of benzene rings is 1. The summed E-state index contributed by atoms with van der Waals surface area (Å²) in [6, 6.07) is 13.9. The molecule has 154 valence electrons. The number of amides is 2. The smallest absolute Gasteiger partial charge is 0.225 e. The summed E-state index contributed by atoms with van der Waals surface area (Å²) in [5.41, 5.74) is 2.21. The Balaban J connectivity index is 1.67. The molecule has 3 rings (SSSR count). The highest BCUT2D eigenvalue weighted by Crippen LogP contribution is 2.37. The summed E-state index contributed by atoms with van der Waals surface area (Å²) in [5, 5.41) is 3.11. The Morgan fingerprint density at radius 3 is 2.69 bits per heavy atom. The first-order chi connectivity index (χ1) is 14.1. The maximum atomic E-state index is 13.1. The van der Waals surface area contributed by atoms with Gasteiger partial charge in [-0.1, -0.05) is 50.2 Å². The van der Waals surface area contributed by atoms with E-state index < -0.39 is 0 Å². The average molecular weight is 394 g/mol. The van der Waals surface area contributed by atoms with Gasteiger partial charge in [0.25, 0.3) is 0 Å². The molecule has 1 saturated heterocycles. The van der Waals surface area contributed by atoms with Gasteiger partial charge < -0.3 is 10.2 Å². The van der Waals surface area contributed by atoms with E-state index in [-0.39, 0.29) is 23.8 Å². The molecule has 0 saturated carbocycles. The van der Waals surface area contributed by atoms with E-state index in [4.69, 9.17) is 0 Å². The van der Waals surface area contributed by atoms with E-state index in [0.29, 0.717) is 31.8 Å². The van der Waals surface area contributed by atoms with Crippen LogP contribution in [0.15, 0.2) is 54.9 Å². The quantitative estimate of drug-likeness (QED) is 0.695. The van der Waals surface area contributed by atoms with Crippen LogP contribution < -0.4 is 5.32 Å². The molecule has 2 unspecified atom stereocenters. The van der Waals surface area contributed by atoms with Crippen LogP contribution in [0.1, 0.15) is 50.3 Å². The lowest BCUT2D eigenvalue weighted by Crippen LogP contribution is -2.49. The van der Waals surface area contributed by atoms with Crippen LogP contribution in [-0.2, 0) is 16.0 Å². The number of rotatable bonds is 8. The normalized spacial score (nSPS) is 19.4. The fraction of sp³-hybridized carbons (Fsp3) is 0.458. The monoisotopic (exact) mass is 393 g/mol. The molecule has 0 radical (unpaired) electrons. The number of carbonyl (C=O) groups is 2. The summed E-state index contributed by atoms with van der Waals surface area (Å²) in [6.45, 7) is 5.49. The van der Waals surface area contributed by atoms with E-state index in [2.05, 4.69) is 36.3 Å². The number of likely N-dealkylation sites (tertiary alicyclic amines) is 1. The predicted octanol–water partition coefficient (Wildman–Crippen LogP) is 3.77. The van der Waals surface area contributed by atoms with Crippen LogP contribution in [-0.4, -0.2) is 34.8 Å². The first-order valence-corrected chi connectivity index (χ1v) is 10.6. The molecule has 0 spiro atoms. The van der Waals surface area contributed by atoms with Crippen molar-refractivity contribution in [1.82, 2.24) is 15.2 Å². The molecular weight excluding hydrogens is 362 g/mol. The molecule has 1 fully saturated rings. The molecule has 0 aliphatic carbocycles. The zero-order chi connectivity index (χ0) is 20.6. The van der Waals surface area contributed by atoms with E-state index in [1.165, 1.54) is 5.56 Å². The fourth-order valence-corrected chi connectivity index (χ4v) is 4.08. The highest BCUT2D eigenvalue weighted by molar-refractivity contribution is 5.85. The van der Waals surface area contributed by atoms with Gasteiger partial charge in [-0.15, -0.1) is 0 Å². The Morgan fingerprint density at radius 1 is 1.21 bits per heavy atom. The number of hydrogen-bond donors (Lipinski definition) is 1. The molecule has 5 nitrogen and oxygen atoms in total. The van der Waals surface area contributed by atoms with Gasteiger partial charge in [-0.3, -0.25) is 14.6 Å². The minimum atomic E-state index is -0.249. The minimum absolute atomic E-state index is 0.0353. The molecule has 29 heavy (non-hydrogen) atoms. The second kappa shape index (κ2) is 10.2. The van der Waals surface area contributed by atoms with Crippen LogP contribution in [0.25, 0.3) is 0 Å². The molecule has 2 aromatic rings. The lowest BCUT2D eigenvalue weighted by Gasteiger charge is -2.41. The van der Waals surface area contributed by atoms with Gasteiger partial charge in [0, 0.05) is 31.9 Å². The molecule has 2 amide bonds. The summed E-state index contributed by atoms with van der Waals surface area (Å²) in [4.78, 5) is 31.9. The summed E-state index contributed by atoms with van der Waals surface area (Å²) >= 11 is 0. The van der Waals surface area contributed by atoms with Crippen molar-refractivity contribution in [2.45, 2.75) is 45.6 Å². The Hall–Kier alpha value is -2.69. The van der Waals surface area contributed by atoms with Crippen LogP contribution in [0.5, 0.6) is 0 Å². The Bertz CT molecular complexity index is 792. The number of nitrogens with zero attached hydrogens (tertiary/aromatic N) is 2. The van der Waals surface area contributed by atoms with Crippen molar-refractivity contribution in [3.05, 3.63) is 66.0 Å². The van der Waals surface area contributed by atoms with Crippen LogP contribution in [0.3, 0.4) is 0 Å². The van der Waals surface area contributed by atoms with Gasteiger partial charge in [0.2, 0.25) is 11.8 Å². The number of aromatic nitrogens is 1. The molecule has 1 aromatic heterocycles. The molecule has 1 aliphatic heterocycles. The van der Waals surface area contributed by atoms with Crippen molar-refractivity contribution in [1.29, 1.82) is 0 Å². The second-order valence-electron chi connectivity index (χ2n) is 8.20. The second-order valence-corrected chi connectivity index (χ2v) is 8.20. The van der Waals surface area contributed by atoms with Gasteiger partial charge in [-0.05, 0) is 42.4 Å². The third-order valence-electron chi connectivity index (χ3n) is 5.42. The molecular formula is C24H31N3O2. The number of hydrogen-bond acceptors (Lipinski definition) is 3. The highest BCUT2D eigenvalue weighted by Gasteiger charge is 2.40. The van der Waals surface area contributed by atoms with E-state index in [9.17, 15) is 9.59 Å². The molecule has 2 atom stereocenters. The van der Waals surface area contributed by atoms with E-state index in [1.807, 2.05) is 35.2 Å². The lowest BCUT2D eigenvalue weighted by molar-refractivity contribution is -0.144. The zero-order valence-electron chi connectivity index (χ0n) is 17.4. The molecule has 5 heteroatoms.